The highest BCUT2D eigenvalue weighted by Gasteiger charge is 2.34. The van der Waals surface area contributed by atoms with Crippen LogP contribution in [-0.2, 0) is 9.59 Å². The minimum atomic E-state index is -0.226. The molecule has 22 heavy (non-hydrogen) atoms. The number of benzene rings is 1. The molecule has 4 nitrogen and oxygen atoms in total. The molecule has 1 saturated heterocycles. The summed E-state index contributed by atoms with van der Waals surface area (Å²) >= 11 is 0. The van der Waals surface area contributed by atoms with E-state index in [0.29, 0.717) is 19.5 Å². The van der Waals surface area contributed by atoms with Gasteiger partial charge in [0, 0.05) is 25.2 Å². The predicted octanol–water partition coefficient (Wildman–Crippen LogP) is 2.96. The highest BCUT2D eigenvalue weighted by atomic mass is 16.2. The van der Waals surface area contributed by atoms with Crippen LogP contribution in [0.1, 0.15) is 43.7 Å². The van der Waals surface area contributed by atoms with Gasteiger partial charge in [0.15, 0.2) is 0 Å². The van der Waals surface area contributed by atoms with Gasteiger partial charge in [0.2, 0.25) is 11.8 Å². The second kappa shape index (κ2) is 7.43. The van der Waals surface area contributed by atoms with Crippen molar-refractivity contribution in [2.24, 2.45) is 5.92 Å². The van der Waals surface area contributed by atoms with Crippen molar-refractivity contribution in [3.8, 4) is 0 Å². The highest BCUT2D eigenvalue weighted by molar-refractivity contribution is 6.00. The fourth-order valence-corrected chi connectivity index (χ4v) is 2.76. The molecular formula is C18H26N2O2. The van der Waals surface area contributed by atoms with Crippen LogP contribution in [0.2, 0.25) is 0 Å². The number of rotatable bonds is 6. The van der Waals surface area contributed by atoms with E-state index in [2.05, 4.69) is 19.2 Å². The van der Waals surface area contributed by atoms with E-state index in [0.717, 1.165) is 30.5 Å². The normalized spacial score (nSPS) is 17.9. The Balaban J connectivity index is 1.95. The molecule has 120 valence electrons. The molecular weight excluding hydrogens is 276 g/mol. The second-order valence-corrected chi connectivity index (χ2v) is 6.17. The van der Waals surface area contributed by atoms with Gasteiger partial charge in [-0.1, -0.05) is 25.8 Å². The molecule has 1 heterocycles. The molecule has 4 heteroatoms. The average molecular weight is 302 g/mol. The van der Waals surface area contributed by atoms with Crippen molar-refractivity contribution < 1.29 is 9.59 Å². The van der Waals surface area contributed by atoms with Gasteiger partial charge in [-0.3, -0.25) is 9.59 Å². The quantitative estimate of drug-likeness (QED) is 0.821. The minimum absolute atomic E-state index is 0.00999. The first kappa shape index (κ1) is 16.5. The van der Waals surface area contributed by atoms with Crippen molar-refractivity contribution in [3.63, 3.8) is 0 Å². The topological polar surface area (TPSA) is 49.4 Å². The zero-order valence-electron chi connectivity index (χ0n) is 13.8. The van der Waals surface area contributed by atoms with E-state index in [1.165, 1.54) is 5.56 Å². The molecule has 2 amide bonds. The number of anilines is 1. The van der Waals surface area contributed by atoms with E-state index in [1.54, 1.807) is 4.90 Å². The van der Waals surface area contributed by atoms with Crippen molar-refractivity contribution in [1.29, 1.82) is 0 Å². The van der Waals surface area contributed by atoms with Crippen molar-refractivity contribution in [3.05, 3.63) is 29.3 Å². The molecule has 2 rings (SSSR count). The molecule has 1 unspecified atom stereocenters. The third-order valence-electron chi connectivity index (χ3n) is 4.38. The van der Waals surface area contributed by atoms with Gasteiger partial charge >= 0.3 is 0 Å². The maximum absolute atomic E-state index is 12.2. The zero-order chi connectivity index (χ0) is 16.1. The molecule has 1 aliphatic heterocycles. The van der Waals surface area contributed by atoms with Gasteiger partial charge in [0.05, 0.1) is 5.92 Å². The molecule has 0 bridgehead atoms. The Labute approximate surface area is 132 Å². The van der Waals surface area contributed by atoms with Crippen LogP contribution in [0.25, 0.3) is 0 Å². The van der Waals surface area contributed by atoms with Crippen molar-refractivity contribution >= 4 is 17.5 Å². The SMILES string of the molecule is CCCCCNC(=O)C1CC(=O)N(c2ccc(C)c(C)c2)C1. The van der Waals surface area contributed by atoms with Gasteiger partial charge < -0.3 is 10.2 Å². The monoisotopic (exact) mass is 302 g/mol. The summed E-state index contributed by atoms with van der Waals surface area (Å²) < 4.78 is 0. The summed E-state index contributed by atoms with van der Waals surface area (Å²) in [4.78, 5) is 26.1. The molecule has 1 N–H and O–H groups in total. The van der Waals surface area contributed by atoms with Gasteiger partial charge in [-0.15, -0.1) is 0 Å². The lowest BCUT2D eigenvalue weighted by Gasteiger charge is -2.18. The fourth-order valence-electron chi connectivity index (χ4n) is 2.76. The van der Waals surface area contributed by atoms with E-state index in [1.807, 2.05) is 25.1 Å². The largest absolute Gasteiger partial charge is 0.356 e. The number of carbonyl (C=O) groups is 2. The predicted molar refractivity (Wildman–Crippen MR) is 88.9 cm³/mol. The summed E-state index contributed by atoms with van der Waals surface area (Å²) in [5, 5.41) is 2.95. The molecule has 0 spiro atoms. The second-order valence-electron chi connectivity index (χ2n) is 6.17. The van der Waals surface area contributed by atoms with Gasteiger partial charge in [-0.05, 0) is 43.5 Å². The summed E-state index contributed by atoms with van der Waals surface area (Å²) in [5.74, 6) is -0.177. The lowest BCUT2D eigenvalue weighted by Crippen LogP contribution is -2.33. The number of nitrogens with zero attached hydrogens (tertiary/aromatic N) is 1. The Morgan fingerprint density at radius 2 is 2.05 bits per heavy atom. The molecule has 1 atom stereocenters. The Morgan fingerprint density at radius 3 is 2.73 bits per heavy atom. The van der Waals surface area contributed by atoms with E-state index in [-0.39, 0.29) is 17.7 Å². The number of aryl methyl sites for hydroxylation is 2. The smallest absolute Gasteiger partial charge is 0.227 e. The Kier molecular flexibility index (Phi) is 5.58. The van der Waals surface area contributed by atoms with Crippen molar-refractivity contribution in [1.82, 2.24) is 5.32 Å². The third kappa shape index (κ3) is 3.87. The van der Waals surface area contributed by atoms with E-state index in [4.69, 9.17) is 0 Å². The molecule has 1 aromatic carbocycles. The van der Waals surface area contributed by atoms with Crippen LogP contribution in [0.3, 0.4) is 0 Å². The molecule has 0 saturated carbocycles. The molecule has 1 fully saturated rings. The van der Waals surface area contributed by atoms with E-state index in [9.17, 15) is 9.59 Å². The first-order chi connectivity index (χ1) is 10.5. The fraction of sp³-hybridized carbons (Fsp3) is 0.556. The van der Waals surface area contributed by atoms with Crippen LogP contribution < -0.4 is 10.2 Å². The van der Waals surface area contributed by atoms with Gasteiger partial charge in [0.25, 0.3) is 0 Å². The Bertz CT molecular complexity index is 554. The Hall–Kier alpha value is -1.84. The highest BCUT2D eigenvalue weighted by Crippen LogP contribution is 2.26. The summed E-state index contributed by atoms with van der Waals surface area (Å²) in [5.41, 5.74) is 3.27. The van der Waals surface area contributed by atoms with E-state index >= 15 is 0 Å². The van der Waals surface area contributed by atoms with E-state index < -0.39 is 0 Å². The number of amides is 2. The summed E-state index contributed by atoms with van der Waals surface area (Å²) in [6.45, 7) is 7.43. The first-order valence-corrected chi connectivity index (χ1v) is 8.18. The summed E-state index contributed by atoms with van der Waals surface area (Å²) in [6, 6.07) is 6.01. The number of nitrogens with one attached hydrogen (secondary N) is 1. The van der Waals surface area contributed by atoms with Crippen LogP contribution in [0.4, 0.5) is 5.69 Å². The van der Waals surface area contributed by atoms with Crippen molar-refractivity contribution in [2.45, 2.75) is 46.5 Å². The summed E-state index contributed by atoms with van der Waals surface area (Å²) in [7, 11) is 0. The number of hydrogen-bond donors (Lipinski definition) is 1. The lowest BCUT2D eigenvalue weighted by molar-refractivity contribution is -0.126. The zero-order valence-corrected chi connectivity index (χ0v) is 13.8. The number of unbranched alkanes of at least 4 members (excludes halogenated alkanes) is 2. The van der Waals surface area contributed by atoms with Gasteiger partial charge in [-0.2, -0.15) is 0 Å². The standard InChI is InChI=1S/C18H26N2O2/c1-4-5-6-9-19-18(22)15-11-17(21)20(12-15)16-8-7-13(2)14(3)10-16/h7-8,10,15H,4-6,9,11-12H2,1-3H3,(H,19,22). The molecule has 1 aromatic rings. The molecule has 1 aliphatic rings. The Morgan fingerprint density at radius 1 is 1.27 bits per heavy atom. The third-order valence-corrected chi connectivity index (χ3v) is 4.38. The van der Waals surface area contributed by atoms with Crippen LogP contribution in [0, 0.1) is 19.8 Å². The first-order valence-electron chi connectivity index (χ1n) is 8.18. The molecule has 0 aromatic heterocycles. The van der Waals surface area contributed by atoms with Gasteiger partial charge in [-0.25, -0.2) is 0 Å². The van der Waals surface area contributed by atoms with Crippen LogP contribution in [0.15, 0.2) is 18.2 Å². The van der Waals surface area contributed by atoms with Crippen LogP contribution >= 0.6 is 0 Å². The minimum Gasteiger partial charge on any atom is -0.356 e. The maximum Gasteiger partial charge on any atom is 0.227 e. The summed E-state index contributed by atoms with van der Waals surface area (Å²) in [6.07, 6.45) is 3.58. The average Bonchev–Trinajstić information content (AvgIpc) is 2.88. The van der Waals surface area contributed by atoms with Crippen molar-refractivity contribution in [2.75, 3.05) is 18.0 Å². The molecule has 0 radical (unpaired) electrons. The number of carbonyl (C=O) groups excluding carboxylic acids is 2. The number of hydrogen-bond acceptors (Lipinski definition) is 2. The molecule has 0 aliphatic carbocycles. The lowest BCUT2D eigenvalue weighted by atomic mass is 10.1. The van der Waals surface area contributed by atoms with Crippen LogP contribution in [0.5, 0.6) is 0 Å². The van der Waals surface area contributed by atoms with Gasteiger partial charge in [0.1, 0.15) is 0 Å². The van der Waals surface area contributed by atoms with Crippen LogP contribution in [-0.4, -0.2) is 24.9 Å². The maximum atomic E-state index is 12.2.